The summed E-state index contributed by atoms with van der Waals surface area (Å²) in [7, 11) is 0. The first-order valence-electron chi connectivity index (χ1n) is 10.2. The number of hydrogen-bond acceptors (Lipinski definition) is 4. The van der Waals surface area contributed by atoms with Crippen LogP contribution in [0.3, 0.4) is 0 Å². The zero-order valence-electron chi connectivity index (χ0n) is 17.4. The maximum atomic E-state index is 12.9. The molecule has 2 saturated heterocycles. The van der Waals surface area contributed by atoms with Crippen molar-refractivity contribution in [2.45, 2.75) is 70.6 Å². The van der Waals surface area contributed by atoms with Crippen LogP contribution in [0, 0.1) is 13.8 Å². The highest BCUT2D eigenvalue weighted by Crippen LogP contribution is 2.40. The van der Waals surface area contributed by atoms with E-state index in [1.165, 1.54) is 5.56 Å². The SMILES string of the molecule is CCC(=O)N[C@@]1(C)CCOC2(CCN(C(=O)c3ccc(C)c(C)c3)CC2)[C@@H]1O. The van der Waals surface area contributed by atoms with Crippen LogP contribution in [0.15, 0.2) is 18.2 Å². The molecule has 0 saturated carbocycles. The van der Waals surface area contributed by atoms with Gasteiger partial charge in [0.15, 0.2) is 0 Å². The van der Waals surface area contributed by atoms with Crippen molar-refractivity contribution in [1.29, 1.82) is 0 Å². The van der Waals surface area contributed by atoms with Gasteiger partial charge in [-0.1, -0.05) is 13.0 Å². The van der Waals surface area contributed by atoms with Crippen LogP contribution in [0.5, 0.6) is 0 Å². The number of nitrogens with zero attached hydrogens (tertiary/aromatic N) is 1. The summed E-state index contributed by atoms with van der Waals surface area (Å²) in [5.74, 6) is -0.0498. The van der Waals surface area contributed by atoms with E-state index in [0.717, 1.165) is 5.56 Å². The van der Waals surface area contributed by atoms with Gasteiger partial charge in [0.25, 0.3) is 5.91 Å². The monoisotopic (exact) mass is 388 g/mol. The van der Waals surface area contributed by atoms with Crippen molar-refractivity contribution >= 4 is 11.8 Å². The summed E-state index contributed by atoms with van der Waals surface area (Å²) in [6.07, 6.45) is 1.27. The Morgan fingerprint density at radius 2 is 1.89 bits per heavy atom. The molecule has 6 heteroatoms. The fourth-order valence-electron chi connectivity index (χ4n) is 4.36. The fraction of sp³-hybridized carbons (Fsp3) is 0.636. The van der Waals surface area contributed by atoms with Crippen LogP contribution >= 0.6 is 0 Å². The average Bonchev–Trinajstić information content (AvgIpc) is 2.68. The summed E-state index contributed by atoms with van der Waals surface area (Å²) in [6, 6.07) is 5.79. The molecule has 0 aliphatic carbocycles. The third-order valence-electron chi connectivity index (χ3n) is 6.51. The number of piperidine rings is 1. The average molecular weight is 389 g/mol. The predicted molar refractivity (Wildman–Crippen MR) is 107 cm³/mol. The Morgan fingerprint density at radius 3 is 2.50 bits per heavy atom. The molecule has 2 N–H and O–H groups in total. The number of aliphatic hydroxyl groups excluding tert-OH is 1. The van der Waals surface area contributed by atoms with Crippen molar-refractivity contribution in [2.75, 3.05) is 19.7 Å². The lowest BCUT2D eigenvalue weighted by molar-refractivity contribution is -0.205. The number of nitrogens with one attached hydrogen (secondary N) is 1. The lowest BCUT2D eigenvalue weighted by Gasteiger charge is -2.53. The standard InChI is InChI=1S/C22H32N2O4/c1-5-18(25)23-21(4)10-13-28-22(20(21)27)8-11-24(12-9-22)19(26)17-7-6-15(2)16(3)14-17/h6-7,14,20,27H,5,8-13H2,1-4H3,(H,23,25)/t20-,21+/m1/s1. The van der Waals surface area contributed by atoms with E-state index >= 15 is 0 Å². The number of aliphatic hydroxyl groups is 1. The summed E-state index contributed by atoms with van der Waals surface area (Å²) in [5.41, 5.74) is 1.55. The van der Waals surface area contributed by atoms with Crippen molar-refractivity contribution in [2.24, 2.45) is 0 Å². The van der Waals surface area contributed by atoms with E-state index < -0.39 is 17.2 Å². The molecular formula is C22H32N2O4. The second-order valence-corrected chi connectivity index (χ2v) is 8.48. The Labute approximate surface area is 167 Å². The molecule has 6 nitrogen and oxygen atoms in total. The predicted octanol–water partition coefficient (Wildman–Crippen LogP) is 2.34. The highest BCUT2D eigenvalue weighted by Gasteiger charge is 2.54. The van der Waals surface area contributed by atoms with E-state index in [0.29, 0.717) is 50.9 Å². The number of amides is 2. The van der Waals surface area contributed by atoms with Gasteiger partial charge < -0.3 is 20.1 Å². The number of likely N-dealkylation sites (tertiary alicyclic amines) is 1. The van der Waals surface area contributed by atoms with Gasteiger partial charge >= 0.3 is 0 Å². The summed E-state index contributed by atoms with van der Waals surface area (Å²) < 4.78 is 6.06. The quantitative estimate of drug-likeness (QED) is 0.833. The van der Waals surface area contributed by atoms with Crippen LogP contribution in [0.25, 0.3) is 0 Å². The number of ether oxygens (including phenoxy) is 1. The van der Waals surface area contributed by atoms with Crippen molar-refractivity contribution in [3.63, 3.8) is 0 Å². The molecule has 2 fully saturated rings. The van der Waals surface area contributed by atoms with Gasteiger partial charge in [0.1, 0.15) is 6.10 Å². The topological polar surface area (TPSA) is 78.9 Å². The van der Waals surface area contributed by atoms with Gasteiger partial charge in [0.2, 0.25) is 5.91 Å². The highest BCUT2D eigenvalue weighted by atomic mass is 16.5. The molecule has 1 aromatic carbocycles. The maximum absolute atomic E-state index is 12.9. The van der Waals surface area contributed by atoms with Gasteiger partial charge in [0.05, 0.1) is 11.1 Å². The minimum absolute atomic E-state index is 0.0188. The van der Waals surface area contributed by atoms with Crippen molar-refractivity contribution in [1.82, 2.24) is 10.2 Å². The number of hydrogen-bond donors (Lipinski definition) is 2. The fourth-order valence-corrected chi connectivity index (χ4v) is 4.36. The molecule has 0 bridgehead atoms. The summed E-state index contributed by atoms with van der Waals surface area (Å²) in [6.45, 7) is 9.28. The number of aryl methyl sites for hydroxylation is 2. The van der Waals surface area contributed by atoms with Crippen LogP contribution < -0.4 is 5.32 Å². The molecule has 3 rings (SSSR count). The zero-order chi connectivity index (χ0) is 20.5. The van der Waals surface area contributed by atoms with Gasteiger partial charge in [-0.25, -0.2) is 0 Å². The van der Waals surface area contributed by atoms with Crippen LogP contribution in [0.4, 0.5) is 0 Å². The number of rotatable bonds is 3. The Kier molecular flexibility index (Phi) is 5.82. The third-order valence-corrected chi connectivity index (χ3v) is 6.51. The van der Waals surface area contributed by atoms with Crippen molar-refractivity contribution in [3.8, 4) is 0 Å². The van der Waals surface area contributed by atoms with Gasteiger partial charge in [-0.3, -0.25) is 9.59 Å². The van der Waals surface area contributed by atoms with Gasteiger partial charge in [-0.2, -0.15) is 0 Å². The van der Waals surface area contributed by atoms with Crippen LogP contribution in [0.2, 0.25) is 0 Å². The molecule has 0 radical (unpaired) electrons. The zero-order valence-corrected chi connectivity index (χ0v) is 17.4. The Morgan fingerprint density at radius 1 is 1.21 bits per heavy atom. The van der Waals surface area contributed by atoms with E-state index in [4.69, 9.17) is 4.74 Å². The first-order valence-corrected chi connectivity index (χ1v) is 10.2. The van der Waals surface area contributed by atoms with E-state index in [1.54, 1.807) is 6.92 Å². The number of carbonyl (C=O) groups excluding carboxylic acids is 2. The molecule has 154 valence electrons. The van der Waals surface area contributed by atoms with Crippen LogP contribution in [-0.2, 0) is 9.53 Å². The minimum Gasteiger partial charge on any atom is -0.388 e. The van der Waals surface area contributed by atoms with Crippen molar-refractivity contribution < 1.29 is 19.4 Å². The molecule has 1 spiro atoms. The van der Waals surface area contributed by atoms with Crippen LogP contribution in [0.1, 0.15) is 61.0 Å². The first-order chi connectivity index (χ1) is 13.2. The van der Waals surface area contributed by atoms with E-state index in [-0.39, 0.29) is 11.8 Å². The summed E-state index contributed by atoms with van der Waals surface area (Å²) in [4.78, 5) is 26.7. The normalized spacial score (nSPS) is 26.9. The van der Waals surface area contributed by atoms with Gasteiger partial charge in [-0.05, 0) is 63.3 Å². The molecule has 2 atom stereocenters. The molecule has 2 aliphatic heterocycles. The van der Waals surface area contributed by atoms with Crippen LogP contribution in [-0.4, -0.2) is 58.8 Å². The molecule has 1 aromatic rings. The Bertz CT molecular complexity index is 755. The second kappa shape index (κ2) is 7.84. The highest BCUT2D eigenvalue weighted by molar-refractivity contribution is 5.94. The van der Waals surface area contributed by atoms with Gasteiger partial charge in [0, 0.05) is 31.7 Å². The largest absolute Gasteiger partial charge is 0.388 e. The minimum atomic E-state index is -0.803. The Hall–Kier alpha value is -1.92. The number of benzene rings is 1. The molecule has 2 amide bonds. The lowest BCUT2D eigenvalue weighted by Crippen LogP contribution is -2.69. The number of carbonyl (C=O) groups is 2. The molecule has 2 heterocycles. The molecule has 28 heavy (non-hydrogen) atoms. The van der Waals surface area contributed by atoms with Crippen molar-refractivity contribution in [3.05, 3.63) is 34.9 Å². The van der Waals surface area contributed by atoms with E-state index in [9.17, 15) is 14.7 Å². The second-order valence-electron chi connectivity index (χ2n) is 8.48. The molecule has 0 unspecified atom stereocenters. The van der Waals surface area contributed by atoms with E-state index in [1.807, 2.05) is 43.9 Å². The van der Waals surface area contributed by atoms with E-state index in [2.05, 4.69) is 5.32 Å². The molecular weight excluding hydrogens is 356 g/mol. The summed E-state index contributed by atoms with van der Waals surface area (Å²) in [5, 5.41) is 14.1. The lowest BCUT2D eigenvalue weighted by atomic mass is 9.73. The Balaban J connectivity index is 1.70. The third kappa shape index (κ3) is 3.80. The molecule has 2 aliphatic rings. The smallest absolute Gasteiger partial charge is 0.253 e. The first kappa shape index (κ1) is 20.8. The molecule has 0 aromatic heterocycles. The summed E-state index contributed by atoms with van der Waals surface area (Å²) >= 11 is 0. The maximum Gasteiger partial charge on any atom is 0.253 e. The van der Waals surface area contributed by atoms with Gasteiger partial charge in [-0.15, -0.1) is 0 Å².